The molecule has 0 spiro atoms. The summed E-state index contributed by atoms with van der Waals surface area (Å²) in [6.07, 6.45) is 5.04. The first kappa shape index (κ1) is 17.8. The van der Waals surface area contributed by atoms with Crippen LogP contribution in [0, 0.1) is 12.3 Å². The van der Waals surface area contributed by atoms with Crippen molar-refractivity contribution in [1.82, 2.24) is 9.47 Å². The lowest BCUT2D eigenvalue weighted by atomic mass is 10.2. The van der Waals surface area contributed by atoms with Crippen LogP contribution in [0.5, 0.6) is 0 Å². The predicted octanol–water partition coefficient (Wildman–Crippen LogP) is 2.78. The Morgan fingerprint density at radius 1 is 1.41 bits per heavy atom. The van der Waals surface area contributed by atoms with Gasteiger partial charge in [-0.15, -0.1) is 6.42 Å². The summed E-state index contributed by atoms with van der Waals surface area (Å²) in [5, 5.41) is 0. The van der Waals surface area contributed by atoms with Gasteiger partial charge < -0.3 is 14.2 Å². The van der Waals surface area contributed by atoms with Crippen LogP contribution >= 0.6 is 0 Å². The summed E-state index contributed by atoms with van der Waals surface area (Å²) >= 11 is 0. The third-order valence-corrected chi connectivity index (χ3v) is 2.93. The number of aromatic nitrogens is 1. The number of ether oxygens (including phenoxy) is 1. The smallest absolute Gasteiger partial charge is 0.410 e. The molecule has 0 atom stereocenters. The second-order valence-corrected chi connectivity index (χ2v) is 6.51. The van der Waals surface area contributed by atoms with Crippen molar-refractivity contribution < 1.29 is 9.53 Å². The Kier molecular flexibility index (Phi) is 5.43. The van der Waals surface area contributed by atoms with Crippen LogP contribution in [-0.4, -0.2) is 28.2 Å². The number of pyridine rings is 1. The van der Waals surface area contributed by atoms with Gasteiger partial charge in [0.1, 0.15) is 5.60 Å². The quantitative estimate of drug-likeness (QED) is 0.807. The van der Waals surface area contributed by atoms with Crippen molar-refractivity contribution in [2.24, 2.45) is 0 Å². The predicted molar refractivity (Wildman–Crippen MR) is 86.7 cm³/mol. The molecule has 0 aliphatic rings. The molecule has 5 nitrogen and oxygen atoms in total. The number of hydrogen-bond donors (Lipinski definition) is 0. The first-order valence-electron chi connectivity index (χ1n) is 7.21. The fourth-order valence-electron chi connectivity index (χ4n) is 2.12. The molecule has 120 valence electrons. The molecule has 1 aromatic rings. The third kappa shape index (κ3) is 4.66. The minimum absolute atomic E-state index is 0.0775. The van der Waals surface area contributed by atoms with Crippen molar-refractivity contribution in [3.05, 3.63) is 33.7 Å². The summed E-state index contributed by atoms with van der Waals surface area (Å²) in [7, 11) is 1.63. The Morgan fingerprint density at radius 3 is 2.45 bits per heavy atom. The Morgan fingerprint density at radius 2 is 2.00 bits per heavy atom. The molecule has 1 amide bonds. The van der Waals surface area contributed by atoms with Gasteiger partial charge >= 0.3 is 6.09 Å². The summed E-state index contributed by atoms with van der Waals surface area (Å²) in [5.74, 6) is 2.53. The van der Waals surface area contributed by atoms with Gasteiger partial charge in [0.05, 0.1) is 12.2 Å². The van der Waals surface area contributed by atoms with Gasteiger partial charge in [0.25, 0.3) is 0 Å². The lowest BCUT2D eigenvalue weighted by Gasteiger charge is -2.26. The number of carbonyl (C=O) groups is 1. The van der Waals surface area contributed by atoms with Gasteiger partial charge in [-0.25, -0.2) is 4.79 Å². The summed E-state index contributed by atoms with van der Waals surface area (Å²) in [6, 6.07) is 3.01. The van der Waals surface area contributed by atoms with Crippen LogP contribution in [0.3, 0.4) is 0 Å². The molecule has 1 heterocycles. The average molecular weight is 304 g/mol. The molecule has 22 heavy (non-hydrogen) atoms. The van der Waals surface area contributed by atoms with E-state index in [1.807, 2.05) is 39.2 Å². The standard InChI is InChI=1S/C17H24N2O3/c1-8-13-9-15(20)10-14(19(13)12(2)3)11-18(7)16(21)22-17(4,5)6/h1,9-10,12H,11H2,2-7H3. The van der Waals surface area contributed by atoms with Crippen molar-refractivity contribution in [2.45, 2.75) is 52.8 Å². The minimum Gasteiger partial charge on any atom is -0.444 e. The molecule has 5 heteroatoms. The largest absolute Gasteiger partial charge is 0.444 e. The number of hydrogen-bond acceptors (Lipinski definition) is 3. The van der Waals surface area contributed by atoms with E-state index in [4.69, 9.17) is 11.2 Å². The van der Waals surface area contributed by atoms with Crippen LogP contribution in [-0.2, 0) is 11.3 Å². The van der Waals surface area contributed by atoms with Crippen molar-refractivity contribution in [2.75, 3.05) is 7.05 Å². The summed E-state index contributed by atoms with van der Waals surface area (Å²) < 4.78 is 7.20. The number of nitrogens with zero attached hydrogens (tertiary/aromatic N) is 2. The van der Waals surface area contributed by atoms with Crippen molar-refractivity contribution in [3.8, 4) is 12.3 Å². The molecule has 0 saturated carbocycles. The van der Waals surface area contributed by atoms with E-state index < -0.39 is 11.7 Å². The first-order chi connectivity index (χ1) is 10.0. The summed E-state index contributed by atoms with van der Waals surface area (Å²) in [6.45, 7) is 9.62. The van der Waals surface area contributed by atoms with E-state index in [-0.39, 0.29) is 18.0 Å². The number of carbonyl (C=O) groups excluding carboxylic acids is 1. The van der Waals surface area contributed by atoms with Crippen molar-refractivity contribution in [3.63, 3.8) is 0 Å². The second-order valence-electron chi connectivity index (χ2n) is 6.51. The zero-order valence-corrected chi connectivity index (χ0v) is 14.1. The topological polar surface area (TPSA) is 51.5 Å². The zero-order chi connectivity index (χ0) is 17.1. The molecule has 0 saturated heterocycles. The van der Waals surface area contributed by atoms with E-state index in [0.29, 0.717) is 11.4 Å². The molecule has 0 radical (unpaired) electrons. The van der Waals surface area contributed by atoms with Crippen LogP contribution < -0.4 is 5.43 Å². The highest BCUT2D eigenvalue weighted by Gasteiger charge is 2.21. The average Bonchev–Trinajstić information content (AvgIpc) is 2.35. The van der Waals surface area contributed by atoms with Gasteiger partial charge in [0.15, 0.2) is 5.43 Å². The number of amides is 1. The monoisotopic (exact) mass is 304 g/mol. The van der Waals surface area contributed by atoms with E-state index in [0.717, 1.165) is 0 Å². The molecule has 0 N–H and O–H groups in total. The van der Waals surface area contributed by atoms with Gasteiger partial charge in [-0.05, 0) is 34.6 Å². The Bertz CT molecular complexity index is 645. The minimum atomic E-state index is -0.566. The second kappa shape index (κ2) is 6.69. The SMILES string of the molecule is C#Cc1cc(=O)cc(CN(C)C(=O)OC(C)(C)C)n1C(C)C. The van der Waals surface area contributed by atoms with Gasteiger partial charge in [-0.3, -0.25) is 4.79 Å². The number of rotatable bonds is 3. The molecular formula is C17H24N2O3. The lowest BCUT2D eigenvalue weighted by molar-refractivity contribution is 0.0280. The highest BCUT2D eigenvalue weighted by atomic mass is 16.6. The molecule has 0 fully saturated rings. The van der Waals surface area contributed by atoms with Gasteiger partial charge in [0, 0.05) is 30.9 Å². The van der Waals surface area contributed by atoms with Gasteiger partial charge in [-0.2, -0.15) is 0 Å². The fraction of sp³-hybridized carbons (Fsp3) is 0.529. The van der Waals surface area contributed by atoms with E-state index in [1.54, 1.807) is 7.05 Å². The molecule has 0 aromatic carbocycles. The Balaban J connectivity index is 3.13. The van der Waals surface area contributed by atoms with E-state index in [9.17, 15) is 9.59 Å². The molecule has 0 bridgehead atoms. The van der Waals surface area contributed by atoms with Crippen LogP contribution in [0.2, 0.25) is 0 Å². The van der Waals surface area contributed by atoms with Crippen LogP contribution in [0.25, 0.3) is 0 Å². The normalized spacial score (nSPS) is 11.2. The highest BCUT2D eigenvalue weighted by Crippen LogP contribution is 2.15. The van der Waals surface area contributed by atoms with E-state index >= 15 is 0 Å². The highest BCUT2D eigenvalue weighted by molar-refractivity contribution is 5.67. The van der Waals surface area contributed by atoms with Gasteiger partial charge in [-0.1, -0.05) is 5.92 Å². The maximum absolute atomic E-state index is 12.1. The van der Waals surface area contributed by atoms with E-state index in [2.05, 4.69) is 5.92 Å². The first-order valence-corrected chi connectivity index (χ1v) is 7.21. The summed E-state index contributed by atoms with van der Waals surface area (Å²) in [4.78, 5) is 25.3. The molecular weight excluding hydrogens is 280 g/mol. The molecule has 0 aliphatic heterocycles. The lowest BCUT2D eigenvalue weighted by Crippen LogP contribution is -2.35. The maximum Gasteiger partial charge on any atom is 0.410 e. The van der Waals surface area contributed by atoms with Crippen molar-refractivity contribution >= 4 is 6.09 Å². The molecule has 0 aliphatic carbocycles. The molecule has 1 aromatic heterocycles. The third-order valence-electron chi connectivity index (χ3n) is 2.93. The fourth-order valence-corrected chi connectivity index (χ4v) is 2.12. The summed E-state index contributed by atoms with van der Waals surface area (Å²) in [5.41, 5.74) is 0.459. The van der Waals surface area contributed by atoms with Crippen LogP contribution in [0.4, 0.5) is 4.79 Å². The number of terminal acetylenes is 1. The van der Waals surface area contributed by atoms with Gasteiger partial charge in [0.2, 0.25) is 0 Å². The van der Waals surface area contributed by atoms with E-state index in [1.165, 1.54) is 17.0 Å². The van der Waals surface area contributed by atoms with Crippen LogP contribution in [0.1, 0.15) is 52.0 Å². The zero-order valence-electron chi connectivity index (χ0n) is 14.1. The molecule has 0 unspecified atom stereocenters. The Labute approximate surface area is 131 Å². The maximum atomic E-state index is 12.1. The molecule has 1 rings (SSSR count). The Hall–Kier alpha value is -2.22. The van der Waals surface area contributed by atoms with Crippen molar-refractivity contribution in [1.29, 1.82) is 0 Å². The van der Waals surface area contributed by atoms with Crippen LogP contribution in [0.15, 0.2) is 16.9 Å².